The molecule has 3 rings (SSSR count). The third-order valence-electron chi connectivity index (χ3n) is 4.86. The molecule has 0 radical (unpaired) electrons. The molecule has 27 heavy (non-hydrogen) atoms. The molecule has 0 atom stereocenters. The molecule has 3 nitrogen and oxygen atoms in total. The molecule has 0 aliphatic carbocycles. The van der Waals surface area contributed by atoms with Gasteiger partial charge in [-0.1, -0.05) is 48.0 Å². The second-order valence-corrected chi connectivity index (χ2v) is 7.54. The number of nitrogens with zero attached hydrogens (tertiary/aromatic N) is 2. The summed E-state index contributed by atoms with van der Waals surface area (Å²) in [5.74, 6) is 0. The summed E-state index contributed by atoms with van der Waals surface area (Å²) < 4.78 is 0. The smallest absolute Gasteiger partial charge is 0.140 e. The number of aliphatic hydroxyl groups is 1. The first kappa shape index (κ1) is 19.3. The fraction of sp³-hybridized carbons (Fsp3) is 0.217. The number of benzene rings is 3. The number of hydrogen-bond donors (Lipinski definition) is 1. The highest BCUT2D eigenvalue weighted by Crippen LogP contribution is 2.38. The maximum Gasteiger partial charge on any atom is 0.140 e. The maximum absolute atomic E-state index is 11.9. The Labute approximate surface area is 166 Å². The van der Waals surface area contributed by atoms with Gasteiger partial charge in [-0.25, -0.2) is 0 Å². The Morgan fingerprint density at radius 3 is 1.19 bits per heavy atom. The summed E-state index contributed by atoms with van der Waals surface area (Å²) in [6.07, 6.45) is 0. The van der Waals surface area contributed by atoms with Crippen LogP contribution in [0.5, 0.6) is 0 Å². The van der Waals surface area contributed by atoms with Gasteiger partial charge in [-0.15, -0.1) is 0 Å². The van der Waals surface area contributed by atoms with E-state index in [4.69, 9.17) is 11.6 Å². The zero-order valence-corrected chi connectivity index (χ0v) is 16.9. The summed E-state index contributed by atoms with van der Waals surface area (Å²) in [6, 6.07) is 23.4. The van der Waals surface area contributed by atoms with Gasteiger partial charge in [0, 0.05) is 44.6 Å². The molecule has 0 fully saturated rings. The Balaban J connectivity index is 2.15. The lowest BCUT2D eigenvalue weighted by molar-refractivity contribution is 0.126. The van der Waals surface area contributed by atoms with E-state index in [0.717, 1.165) is 28.1 Å². The molecule has 0 saturated carbocycles. The molecule has 140 valence electrons. The molecule has 0 aliphatic heterocycles. The molecular formula is C23H25ClN2O. The van der Waals surface area contributed by atoms with Crippen LogP contribution in [0.3, 0.4) is 0 Å². The van der Waals surface area contributed by atoms with Crippen molar-refractivity contribution in [1.29, 1.82) is 0 Å². The average Bonchev–Trinajstić information content (AvgIpc) is 2.68. The minimum Gasteiger partial charge on any atom is -0.378 e. The summed E-state index contributed by atoms with van der Waals surface area (Å²) in [6.45, 7) is 0. The van der Waals surface area contributed by atoms with Crippen LogP contribution in [-0.4, -0.2) is 33.3 Å². The highest BCUT2D eigenvalue weighted by atomic mass is 35.5. The van der Waals surface area contributed by atoms with Crippen LogP contribution in [0.4, 0.5) is 11.4 Å². The monoisotopic (exact) mass is 380 g/mol. The second kappa shape index (κ2) is 7.63. The van der Waals surface area contributed by atoms with Crippen molar-refractivity contribution in [2.75, 3.05) is 38.0 Å². The van der Waals surface area contributed by atoms with Crippen LogP contribution in [0, 0.1) is 0 Å². The summed E-state index contributed by atoms with van der Waals surface area (Å²) >= 11 is 6.07. The number of hydrogen-bond acceptors (Lipinski definition) is 3. The molecule has 0 heterocycles. The van der Waals surface area contributed by atoms with Crippen molar-refractivity contribution in [2.24, 2.45) is 0 Å². The lowest BCUT2D eigenvalue weighted by Crippen LogP contribution is -2.29. The quantitative estimate of drug-likeness (QED) is 0.646. The fourth-order valence-corrected chi connectivity index (χ4v) is 3.32. The van der Waals surface area contributed by atoms with Gasteiger partial charge in [-0.2, -0.15) is 0 Å². The second-order valence-electron chi connectivity index (χ2n) is 7.10. The van der Waals surface area contributed by atoms with Crippen LogP contribution in [-0.2, 0) is 5.60 Å². The first-order valence-electron chi connectivity index (χ1n) is 8.86. The fourth-order valence-electron chi connectivity index (χ4n) is 3.19. The van der Waals surface area contributed by atoms with Crippen molar-refractivity contribution in [1.82, 2.24) is 0 Å². The Morgan fingerprint density at radius 1 is 0.593 bits per heavy atom. The van der Waals surface area contributed by atoms with Crippen LogP contribution < -0.4 is 9.80 Å². The Hall–Kier alpha value is -2.49. The number of anilines is 2. The summed E-state index contributed by atoms with van der Waals surface area (Å²) in [5.41, 5.74) is 3.31. The van der Waals surface area contributed by atoms with Crippen LogP contribution >= 0.6 is 11.6 Å². The molecule has 0 bridgehead atoms. The maximum atomic E-state index is 11.9. The predicted molar refractivity (Wildman–Crippen MR) is 115 cm³/mol. The van der Waals surface area contributed by atoms with E-state index in [1.54, 1.807) is 0 Å². The molecule has 0 aromatic heterocycles. The van der Waals surface area contributed by atoms with Gasteiger partial charge in [-0.3, -0.25) is 0 Å². The molecule has 3 aromatic rings. The van der Waals surface area contributed by atoms with Crippen LogP contribution in [0.2, 0.25) is 5.02 Å². The zero-order chi connectivity index (χ0) is 19.6. The minimum atomic E-state index is -1.26. The standard InChI is InChI=1S/C23H25ClN2O/c1-25(2)21-13-7-18(8-14-21)23(27,17-5-11-20(24)12-6-17)19-9-15-22(16-10-19)26(3)4/h5-16,27H,1-4H3. The topological polar surface area (TPSA) is 26.7 Å². The van der Waals surface area contributed by atoms with Gasteiger partial charge in [0.1, 0.15) is 5.60 Å². The SMILES string of the molecule is CN(C)c1ccc(C(O)(c2ccc(Cl)cc2)c2ccc(N(C)C)cc2)cc1. The van der Waals surface area contributed by atoms with Crippen molar-refractivity contribution in [3.8, 4) is 0 Å². The molecule has 0 saturated heterocycles. The van der Waals surface area contributed by atoms with Gasteiger partial charge in [0.05, 0.1) is 0 Å². The predicted octanol–water partition coefficient (Wildman–Crippen LogP) is 4.76. The largest absolute Gasteiger partial charge is 0.378 e. The molecule has 0 aliphatic rings. The van der Waals surface area contributed by atoms with E-state index >= 15 is 0 Å². The Kier molecular flexibility index (Phi) is 5.45. The number of rotatable bonds is 5. The molecule has 0 amide bonds. The first-order valence-corrected chi connectivity index (χ1v) is 9.24. The van der Waals surface area contributed by atoms with Crippen molar-refractivity contribution in [2.45, 2.75) is 5.60 Å². The summed E-state index contributed by atoms with van der Waals surface area (Å²) in [7, 11) is 8.00. The van der Waals surface area contributed by atoms with Crippen molar-refractivity contribution in [3.63, 3.8) is 0 Å². The normalized spacial score (nSPS) is 11.3. The van der Waals surface area contributed by atoms with E-state index in [0.29, 0.717) is 5.02 Å². The highest BCUT2D eigenvalue weighted by Gasteiger charge is 2.33. The van der Waals surface area contributed by atoms with E-state index in [-0.39, 0.29) is 0 Å². The van der Waals surface area contributed by atoms with Gasteiger partial charge in [0.25, 0.3) is 0 Å². The third kappa shape index (κ3) is 3.80. The molecule has 0 unspecified atom stereocenters. The Bertz CT molecular complexity index is 834. The van der Waals surface area contributed by atoms with E-state index in [1.165, 1.54) is 0 Å². The van der Waals surface area contributed by atoms with E-state index in [9.17, 15) is 5.11 Å². The van der Waals surface area contributed by atoms with Gasteiger partial charge in [-0.05, 0) is 53.1 Å². The Morgan fingerprint density at radius 2 is 0.889 bits per heavy atom. The molecule has 1 N–H and O–H groups in total. The molecule has 3 aromatic carbocycles. The van der Waals surface area contributed by atoms with Crippen molar-refractivity contribution in [3.05, 3.63) is 94.5 Å². The van der Waals surface area contributed by atoms with Gasteiger partial charge in [0.15, 0.2) is 0 Å². The minimum absolute atomic E-state index is 0.645. The van der Waals surface area contributed by atoms with Gasteiger partial charge < -0.3 is 14.9 Å². The van der Waals surface area contributed by atoms with Crippen molar-refractivity contribution >= 4 is 23.0 Å². The first-order chi connectivity index (χ1) is 12.8. The van der Waals surface area contributed by atoms with E-state index in [2.05, 4.69) is 0 Å². The van der Waals surface area contributed by atoms with Crippen LogP contribution in [0.25, 0.3) is 0 Å². The molecule has 0 spiro atoms. The third-order valence-corrected chi connectivity index (χ3v) is 5.12. The van der Waals surface area contributed by atoms with Gasteiger partial charge in [0.2, 0.25) is 0 Å². The lowest BCUT2D eigenvalue weighted by Gasteiger charge is -2.31. The van der Waals surface area contributed by atoms with E-state index < -0.39 is 5.60 Å². The average molecular weight is 381 g/mol. The summed E-state index contributed by atoms with van der Waals surface area (Å²) in [4.78, 5) is 4.08. The summed E-state index contributed by atoms with van der Waals surface area (Å²) in [5, 5.41) is 12.6. The van der Waals surface area contributed by atoms with Crippen molar-refractivity contribution < 1.29 is 5.11 Å². The highest BCUT2D eigenvalue weighted by molar-refractivity contribution is 6.30. The van der Waals surface area contributed by atoms with E-state index in [1.807, 2.05) is 111 Å². The van der Waals surface area contributed by atoms with Crippen LogP contribution in [0.1, 0.15) is 16.7 Å². The van der Waals surface area contributed by atoms with Gasteiger partial charge >= 0.3 is 0 Å². The number of halogens is 1. The van der Waals surface area contributed by atoms with Crippen LogP contribution in [0.15, 0.2) is 72.8 Å². The lowest BCUT2D eigenvalue weighted by atomic mass is 9.80. The molecule has 4 heteroatoms. The molecular weight excluding hydrogens is 356 g/mol. The zero-order valence-electron chi connectivity index (χ0n) is 16.1.